The second kappa shape index (κ2) is 6.07. The van der Waals surface area contributed by atoms with Gasteiger partial charge in [-0.1, -0.05) is 48.5 Å². The molecule has 0 saturated heterocycles. The molecule has 22 heavy (non-hydrogen) atoms. The zero-order chi connectivity index (χ0) is 15.7. The molecule has 0 aliphatic carbocycles. The lowest BCUT2D eigenvalue weighted by atomic mass is 9.92. The van der Waals surface area contributed by atoms with Gasteiger partial charge < -0.3 is 0 Å². The van der Waals surface area contributed by atoms with Gasteiger partial charge in [0.2, 0.25) is 0 Å². The number of rotatable bonds is 4. The van der Waals surface area contributed by atoms with E-state index >= 15 is 0 Å². The Bertz CT molecular complexity index is 748. The van der Waals surface area contributed by atoms with Crippen LogP contribution in [0.4, 0.5) is 0 Å². The molecule has 3 rings (SSSR count). The van der Waals surface area contributed by atoms with Crippen LogP contribution in [0.3, 0.4) is 0 Å². The molecule has 0 radical (unpaired) electrons. The van der Waals surface area contributed by atoms with Crippen LogP contribution in [0.25, 0.3) is 21.5 Å². The molecule has 0 aliphatic rings. The predicted octanol–water partition coefficient (Wildman–Crippen LogP) is 4.25. The fraction of sp³-hybridized carbons (Fsp3) is 0.300. The SMILES string of the molecule is Cc1c2ccccc2c(CN(C)CN(C)C)c2ccccc12. The Morgan fingerprint density at radius 3 is 1.64 bits per heavy atom. The summed E-state index contributed by atoms with van der Waals surface area (Å²) >= 11 is 0. The molecule has 0 unspecified atom stereocenters. The fourth-order valence-electron chi connectivity index (χ4n) is 3.41. The Labute approximate surface area is 133 Å². The van der Waals surface area contributed by atoms with Gasteiger partial charge in [0.05, 0.1) is 6.67 Å². The first-order valence-electron chi connectivity index (χ1n) is 7.80. The van der Waals surface area contributed by atoms with Gasteiger partial charge in [0.25, 0.3) is 0 Å². The van der Waals surface area contributed by atoms with Crippen molar-refractivity contribution >= 4 is 21.5 Å². The molecule has 0 saturated carbocycles. The van der Waals surface area contributed by atoms with Gasteiger partial charge in [-0.3, -0.25) is 9.80 Å². The largest absolute Gasteiger partial charge is 0.297 e. The van der Waals surface area contributed by atoms with Gasteiger partial charge >= 0.3 is 0 Å². The van der Waals surface area contributed by atoms with Crippen LogP contribution in [0.5, 0.6) is 0 Å². The maximum Gasteiger partial charge on any atom is 0.0501 e. The minimum Gasteiger partial charge on any atom is -0.297 e. The molecule has 0 spiro atoms. The topological polar surface area (TPSA) is 6.48 Å². The molecule has 2 nitrogen and oxygen atoms in total. The Hall–Kier alpha value is -1.90. The summed E-state index contributed by atoms with van der Waals surface area (Å²) in [5, 5.41) is 5.50. The van der Waals surface area contributed by atoms with Crippen molar-refractivity contribution in [2.24, 2.45) is 0 Å². The zero-order valence-electron chi connectivity index (χ0n) is 13.9. The van der Waals surface area contributed by atoms with Crippen LogP contribution in [-0.2, 0) is 6.54 Å². The van der Waals surface area contributed by atoms with Crippen molar-refractivity contribution in [3.63, 3.8) is 0 Å². The summed E-state index contributed by atoms with van der Waals surface area (Å²) in [6.07, 6.45) is 0. The lowest BCUT2D eigenvalue weighted by Gasteiger charge is -2.23. The van der Waals surface area contributed by atoms with Crippen LogP contribution in [-0.4, -0.2) is 37.6 Å². The average Bonchev–Trinajstić information content (AvgIpc) is 2.51. The summed E-state index contributed by atoms with van der Waals surface area (Å²) in [4.78, 5) is 4.57. The highest BCUT2D eigenvalue weighted by molar-refractivity contribution is 6.05. The third kappa shape index (κ3) is 2.72. The summed E-state index contributed by atoms with van der Waals surface area (Å²) in [5.74, 6) is 0. The smallest absolute Gasteiger partial charge is 0.0501 e. The van der Waals surface area contributed by atoms with Gasteiger partial charge in [0, 0.05) is 6.54 Å². The van der Waals surface area contributed by atoms with E-state index in [1.54, 1.807) is 0 Å². The van der Waals surface area contributed by atoms with Crippen molar-refractivity contribution in [3.8, 4) is 0 Å². The molecule has 0 aliphatic heterocycles. The molecule has 0 bridgehead atoms. The minimum atomic E-state index is 0.955. The van der Waals surface area contributed by atoms with E-state index in [4.69, 9.17) is 0 Å². The van der Waals surface area contributed by atoms with E-state index in [2.05, 4.69) is 86.4 Å². The van der Waals surface area contributed by atoms with Crippen molar-refractivity contribution in [2.75, 3.05) is 27.8 Å². The first kappa shape index (κ1) is 15.0. The third-order valence-corrected chi connectivity index (χ3v) is 4.26. The van der Waals surface area contributed by atoms with Crippen molar-refractivity contribution < 1.29 is 0 Å². The molecular weight excluding hydrogens is 268 g/mol. The van der Waals surface area contributed by atoms with E-state index in [-0.39, 0.29) is 0 Å². The van der Waals surface area contributed by atoms with Crippen LogP contribution < -0.4 is 0 Å². The van der Waals surface area contributed by atoms with Crippen molar-refractivity contribution in [3.05, 3.63) is 59.7 Å². The molecule has 114 valence electrons. The Balaban J connectivity index is 2.23. The minimum absolute atomic E-state index is 0.955. The van der Waals surface area contributed by atoms with Gasteiger partial charge in [0.15, 0.2) is 0 Å². The normalized spacial score (nSPS) is 11.9. The van der Waals surface area contributed by atoms with E-state index < -0.39 is 0 Å². The first-order valence-corrected chi connectivity index (χ1v) is 7.80. The van der Waals surface area contributed by atoms with Gasteiger partial charge in [0.1, 0.15) is 0 Å². The highest BCUT2D eigenvalue weighted by Gasteiger charge is 2.12. The fourth-order valence-corrected chi connectivity index (χ4v) is 3.41. The van der Waals surface area contributed by atoms with Gasteiger partial charge in [-0.25, -0.2) is 0 Å². The Morgan fingerprint density at radius 2 is 1.18 bits per heavy atom. The lowest BCUT2D eigenvalue weighted by Crippen LogP contribution is -2.29. The number of hydrogen-bond donors (Lipinski definition) is 0. The summed E-state index contributed by atoms with van der Waals surface area (Å²) in [7, 11) is 6.41. The Kier molecular flexibility index (Phi) is 4.14. The van der Waals surface area contributed by atoms with Gasteiger partial charge in [-0.15, -0.1) is 0 Å². The standard InChI is InChI=1S/C20H24N2/c1-15-16-9-5-7-11-18(16)20(13-22(4)14-21(2)3)19-12-8-6-10-17(15)19/h5-12H,13-14H2,1-4H3. The van der Waals surface area contributed by atoms with E-state index in [9.17, 15) is 0 Å². The zero-order valence-corrected chi connectivity index (χ0v) is 13.9. The molecule has 0 N–H and O–H groups in total. The molecule has 3 aromatic carbocycles. The quantitative estimate of drug-likeness (QED) is 0.524. The number of fused-ring (bicyclic) bond motifs is 2. The first-order chi connectivity index (χ1) is 10.6. The maximum absolute atomic E-state index is 2.36. The van der Waals surface area contributed by atoms with E-state index in [1.165, 1.54) is 32.7 Å². The highest BCUT2D eigenvalue weighted by Crippen LogP contribution is 2.32. The van der Waals surface area contributed by atoms with Crippen LogP contribution in [0.1, 0.15) is 11.1 Å². The molecule has 0 fully saturated rings. The summed E-state index contributed by atoms with van der Waals surface area (Å²) < 4.78 is 0. The van der Waals surface area contributed by atoms with Crippen molar-refractivity contribution in [2.45, 2.75) is 13.5 Å². The van der Waals surface area contributed by atoms with Gasteiger partial charge in [-0.2, -0.15) is 0 Å². The molecule has 0 atom stereocenters. The predicted molar refractivity (Wildman–Crippen MR) is 96.2 cm³/mol. The van der Waals surface area contributed by atoms with Crippen molar-refractivity contribution in [1.29, 1.82) is 0 Å². The molecular formula is C20H24N2. The molecule has 3 aromatic rings. The number of hydrogen-bond acceptors (Lipinski definition) is 2. The number of benzene rings is 3. The number of nitrogens with zero attached hydrogens (tertiary/aromatic N) is 2. The third-order valence-electron chi connectivity index (χ3n) is 4.26. The average molecular weight is 292 g/mol. The van der Waals surface area contributed by atoms with Crippen molar-refractivity contribution in [1.82, 2.24) is 9.80 Å². The van der Waals surface area contributed by atoms with Crippen LogP contribution in [0.2, 0.25) is 0 Å². The van der Waals surface area contributed by atoms with Crippen LogP contribution in [0, 0.1) is 6.92 Å². The monoisotopic (exact) mass is 292 g/mol. The Morgan fingerprint density at radius 1 is 0.727 bits per heavy atom. The maximum atomic E-state index is 2.36. The molecule has 0 heterocycles. The summed E-state index contributed by atoms with van der Waals surface area (Å²) in [5.41, 5.74) is 2.81. The summed E-state index contributed by atoms with van der Waals surface area (Å²) in [6.45, 7) is 4.15. The molecule has 0 amide bonds. The van der Waals surface area contributed by atoms with Crippen LogP contribution >= 0.6 is 0 Å². The lowest BCUT2D eigenvalue weighted by molar-refractivity contribution is 0.205. The molecule has 0 aromatic heterocycles. The van der Waals surface area contributed by atoms with E-state index in [0.29, 0.717) is 0 Å². The van der Waals surface area contributed by atoms with Gasteiger partial charge in [-0.05, 0) is 60.7 Å². The highest BCUT2D eigenvalue weighted by atomic mass is 15.3. The number of aryl methyl sites for hydroxylation is 1. The second-order valence-corrected chi connectivity index (χ2v) is 6.43. The summed E-state index contributed by atoms with van der Waals surface area (Å²) in [6, 6.07) is 17.6. The van der Waals surface area contributed by atoms with Crippen LogP contribution in [0.15, 0.2) is 48.5 Å². The van der Waals surface area contributed by atoms with E-state index in [1.807, 2.05) is 0 Å². The molecule has 2 heteroatoms. The van der Waals surface area contributed by atoms with E-state index in [0.717, 1.165) is 13.2 Å². The second-order valence-electron chi connectivity index (χ2n) is 6.43.